The van der Waals surface area contributed by atoms with Crippen molar-refractivity contribution < 1.29 is 9.21 Å². The Morgan fingerprint density at radius 3 is 2.61 bits per heavy atom. The molecule has 2 N–H and O–H groups in total. The number of benzene rings is 2. The highest BCUT2D eigenvalue weighted by Gasteiger charge is 2.13. The Kier molecular flexibility index (Phi) is 4.21. The Morgan fingerprint density at radius 1 is 1.17 bits per heavy atom. The van der Waals surface area contributed by atoms with Gasteiger partial charge in [0.05, 0.1) is 0 Å². The fraction of sp³-hybridized carbons (Fsp3) is 0.111. The zero-order chi connectivity index (χ0) is 16.4. The highest BCUT2D eigenvalue weighted by atomic mass is 32.2. The van der Waals surface area contributed by atoms with Crippen LogP contribution in [0, 0.1) is 6.92 Å². The van der Waals surface area contributed by atoms with Crippen LogP contribution >= 0.6 is 11.8 Å². The normalized spacial score (nSPS) is 10.8. The van der Waals surface area contributed by atoms with Crippen LogP contribution in [-0.4, -0.2) is 5.24 Å². The van der Waals surface area contributed by atoms with E-state index in [0.29, 0.717) is 22.5 Å². The van der Waals surface area contributed by atoms with E-state index in [9.17, 15) is 9.59 Å². The molecule has 1 aromatic heterocycles. The lowest BCUT2D eigenvalue weighted by Crippen LogP contribution is -2.11. The van der Waals surface area contributed by atoms with E-state index in [0.717, 1.165) is 28.3 Å². The van der Waals surface area contributed by atoms with Crippen LogP contribution in [0.15, 0.2) is 62.6 Å². The van der Waals surface area contributed by atoms with Gasteiger partial charge in [-0.05, 0) is 48.0 Å². The summed E-state index contributed by atoms with van der Waals surface area (Å²) < 4.78 is 5.45. The van der Waals surface area contributed by atoms with E-state index in [1.807, 2.05) is 43.3 Å². The van der Waals surface area contributed by atoms with E-state index < -0.39 is 5.24 Å². The first-order valence-corrected chi connectivity index (χ1v) is 7.94. The molecule has 116 valence electrons. The lowest BCUT2D eigenvalue weighted by Gasteiger charge is -2.08. The van der Waals surface area contributed by atoms with Crippen LogP contribution in [0.4, 0.5) is 4.79 Å². The number of rotatable bonds is 3. The molecular weight excluding hydrogens is 310 g/mol. The lowest BCUT2D eigenvalue weighted by atomic mass is 10.00. The Bertz CT molecular complexity index is 932. The number of amides is 1. The Balaban J connectivity index is 2.07. The molecule has 3 aromatic rings. The van der Waals surface area contributed by atoms with E-state index in [1.54, 1.807) is 12.1 Å². The minimum atomic E-state index is -0.496. The third-order valence-electron chi connectivity index (χ3n) is 3.70. The standard InChI is InChI=1S/C18H15NO3S/c1-11-14-8-7-13(23-18(19)21)10-16(14)22-17(20)15(11)9-12-5-3-2-4-6-12/h2-8,10H,9H2,1H3,(H2,19,21). The fourth-order valence-electron chi connectivity index (χ4n) is 2.56. The van der Waals surface area contributed by atoms with Crippen LogP contribution in [0.3, 0.4) is 0 Å². The monoisotopic (exact) mass is 325 g/mol. The molecule has 0 unspecified atom stereocenters. The number of carbonyl (C=O) groups excluding carboxylic acids is 1. The largest absolute Gasteiger partial charge is 0.422 e. The Hall–Kier alpha value is -2.53. The first-order valence-electron chi connectivity index (χ1n) is 7.12. The molecule has 0 aliphatic rings. The molecule has 0 aliphatic heterocycles. The topological polar surface area (TPSA) is 73.3 Å². The first kappa shape index (κ1) is 15.4. The van der Waals surface area contributed by atoms with Crippen LogP contribution in [0.2, 0.25) is 0 Å². The highest BCUT2D eigenvalue weighted by Crippen LogP contribution is 2.26. The van der Waals surface area contributed by atoms with Gasteiger partial charge in [0.2, 0.25) is 0 Å². The van der Waals surface area contributed by atoms with Crippen molar-refractivity contribution in [2.24, 2.45) is 5.73 Å². The van der Waals surface area contributed by atoms with Crippen LogP contribution in [0.5, 0.6) is 0 Å². The van der Waals surface area contributed by atoms with E-state index in [1.165, 1.54) is 0 Å². The molecule has 1 amide bonds. The van der Waals surface area contributed by atoms with Crippen molar-refractivity contribution in [1.29, 1.82) is 0 Å². The van der Waals surface area contributed by atoms with Crippen LogP contribution in [0.25, 0.3) is 11.0 Å². The minimum Gasteiger partial charge on any atom is -0.422 e. The third-order valence-corrected chi connectivity index (χ3v) is 4.39. The molecule has 0 saturated carbocycles. The summed E-state index contributed by atoms with van der Waals surface area (Å²) in [5.41, 5.74) is 7.90. The van der Waals surface area contributed by atoms with E-state index >= 15 is 0 Å². The summed E-state index contributed by atoms with van der Waals surface area (Å²) in [4.78, 5) is 24.0. The summed E-state index contributed by atoms with van der Waals surface area (Å²) in [5, 5.41) is 0.369. The molecule has 0 bridgehead atoms. The molecular formula is C18H15NO3S. The number of fused-ring (bicyclic) bond motifs is 1. The summed E-state index contributed by atoms with van der Waals surface area (Å²) in [5.74, 6) is 0. The minimum absolute atomic E-state index is 0.347. The van der Waals surface area contributed by atoms with Crippen molar-refractivity contribution in [2.75, 3.05) is 0 Å². The molecule has 0 radical (unpaired) electrons. The van der Waals surface area contributed by atoms with Gasteiger partial charge in [-0.2, -0.15) is 0 Å². The highest BCUT2D eigenvalue weighted by molar-refractivity contribution is 8.13. The van der Waals surface area contributed by atoms with E-state index in [-0.39, 0.29) is 5.63 Å². The average molecular weight is 325 g/mol. The molecule has 2 aromatic carbocycles. The predicted octanol–water partition coefficient (Wildman–Crippen LogP) is 3.86. The number of hydrogen-bond acceptors (Lipinski definition) is 4. The second-order valence-electron chi connectivity index (χ2n) is 5.23. The van der Waals surface area contributed by atoms with Gasteiger partial charge in [-0.15, -0.1) is 0 Å². The van der Waals surface area contributed by atoms with Crippen molar-refractivity contribution in [1.82, 2.24) is 0 Å². The molecule has 0 spiro atoms. The van der Waals surface area contributed by atoms with Crippen molar-refractivity contribution in [3.8, 4) is 0 Å². The maximum absolute atomic E-state index is 12.3. The smallest absolute Gasteiger partial charge is 0.340 e. The number of primary amides is 1. The Morgan fingerprint density at radius 2 is 1.91 bits per heavy atom. The zero-order valence-corrected chi connectivity index (χ0v) is 13.4. The second-order valence-corrected chi connectivity index (χ2v) is 6.31. The number of carbonyl (C=O) groups is 1. The maximum atomic E-state index is 12.3. The maximum Gasteiger partial charge on any atom is 0.340 e. The van der Waals surface area contributed by atoms with Gasteiger partial charge in [0.15, 0.2) is 0 Å². The molecule has 1 heterocycles. The molecule has 23 heavy (non-hydrogen) atoms. The third kappa shape index (κ3) is 3.29. The van der Waals surface area contributed by atoms with Gasteiger partial charge in [-0.3, -0.25) is 4.79 Å². The van der Waals surface area contributed by atoms with Crippen LogP contribution in [-0.2, 0) is 6.42 Å². The molecule has 0 saturated heterocycles. The number of nitrogens with two attached hydrogens (primary N) is 1. The lowest BCUT2D eigenvalue weighted by molar-refractivity contribution is 0.267. The first-order chi connectivity index (χ1) is 11.0. The molecule has 4 nitrogen and oxygen atoms in total. The molecule has 3 rings (SSSR count). The summed E-state index contributed by atoms with van der Waals surface area (Å²) >= 11 is 0.909. The fourth-order valence-corrected chi connectivity index (χ4v) is 3.09. The summed E-state index contributed by atoms with van der Waals surface area (Å²) in [6.07, 6.45) is 0.530. The van der Waals surface area contributed by atoms with Crippen molar-refractivity contribution in [3.05, 3.63) is 75.6 Å². The van der Waals surface area contributed by atoms with Gasteiger partial charge in [0, 0.05) is 22.3 Å². The van der Waals surface area contributed by atoms with Crippen LogP contribution < -0.4 is 11.4 Å². The SMILES string of the molecule is Cc1c(Cc2ccccc2)c(=O)oc2cc(SC(N)=O)ccc12. The number of aryl methyl sites for hydroxylation is 1. The van der Waals surface area contributed by atoms with Crippen molar-refractivity contribution in [2.45, 2.75) is 18.2 Å². The van der Waals surface area contributed by atoms with E-state index in [2.05, 4.69) is 0 Å². The zero-order valence-electron chi connectivity index (χ0n) is 12.5. The number of thioether (sulfide) groups is 1. The van der Waals surface area contributed by atoms with E-state index in [4.69, 9.17) is 10.2 Å². The summed E-state index contributed by atoms with van der Waals surface area (Å²) in [6, 6.07) is 15.1. The van der Waals surface area contributed by atoms with Gasteiger partial charge >= 0.3 is 5.63 Å². The van der Waals surface area contributed by atoms with Crippen LogP contribution in [0.1, 0.15) is 16.7 Å². The number of hydrogen-bond donors (Lipinski definition) is 1. The van der Waals surface area contributed by atoms with Gasteiger partial charge in [-0.25, -0.2) is 4.79 Å². The summed E-state index contributed by atoms with van der Waals surface area (Å²) in [6.45, 7) is 1.92. The quantitative estimate of drug-likeness (QED) is 0.586. The molecule has 0 fully saturated rings. The molecule has 5 heteroatoms. The summed E-state index contributed by atoms with van der Waals surface area (Å²) in [7, 11) is 0. The molecule has 0 atom stereocenters. The van der Waals surface area contributed by atoms with Gasteiger partial charge in [0.1, 0.15) is 5.58 Å². The van der Waals surface area contributed by atoms with Gasteiger partial charge < -0.3 is 10.2 Å². The molecule has 0 aliphatic carbocycles. The Labute approximate surface area is 137 Å². The average Bonchev–Trinajstić information content (AvgIpc) is 2.51. The van der Waals surface area contributed by atoms with Gasteiger partial charge in [-0.1, -0.05) is 30.3 Å². The van der Waals surface area contributed by atoms with Crippen molar-refractivity contribution >= 4 is 28.0 Å². The van der Waals surface area contributed by atoms with Gasteiger partial charge in [0.25, 0.3) is 5.24 Å². The predicted molar refractivity (Wildman–Crippen MR) is 91.9 cm³/mol. The van der Waals surface area contributed by atoms with Crippen molar-refractivity contribution in [3.63, 3.8) is 0 Å². The second kappa shape index (κ2) is 6.30.